The minimum Gasteiger partial charge on any atom is -0.298 e. The van der Waals surface area contributed by atoms with E-state index < -0.39 is 0 Å². The van der Waals surface area contributed by atoms with Gasteiger partial charge in [-0.3, -0.25) is 14.5 Å². The Hall–Kier alpha value is -2.47. The molecule has 0 saturated carbocycles. The van der Waals surface area contributed by atoms with Gasteiger partial charge >= 0.3 is 0 Å². The zero-order valence-corrected chi connectivity index (χ0v) is 12.8. The zero-order valence-electron chi connectivity index (χ0n) is 12.0. The van der Waals surface area contributed by atoms with E-state index in [1.165, 1.54) is 0 Å². The molecule has 0 aliphatic heterocycles. The first kappa shape index (κ1) is 14.5. The molecule has 3 heterocycles. The lowest BCUT2D eigenvalue weighted by Crippen LogP contribution is -2.01. The van der Waals surface area contributed by atoms with E-state index >= 15 is 0 Å². The van der Waals surface area contributed by atoms with Gasteiger partial charge in [0, 0.05) is 36.5 Å². The lowest BCUT2D eigenvalue weighted by molar-refractivity contribution is 0.731. The molecule has 0 spiro atoms. The monoisotopic (exact) mass is 309 g/mol. The van der Waals surface area contributed by atoms with Crippen molar-refractivity contribution in [1.29, 1.82) is 0 Å². The Labute approximate surface area is 133 Å². The van der Waals surface area contributed by atoms with Crippen LogP contribution in [0.25, 0.3) is 11.4 Å². The van der Waals surface area contributed by atoms with Gasteiger partial charge in [-0.25, -0.2) is 0 Å². The minimum absolute atomic E-state index is 0.662. The number of hydrogen-bond donors (Lipinski definition) is 0. The Kier molecular flexibility index (Phi) is 4.60. The van der Waals surface area contributed by atoms with Crippen LogP contribution in [-0.4, -0.2) is 24.7 Å². The van der Waals surface area contributed by atoms with Crippen molar-refractivity contribution in [2.24, 2.45) is 0 Å². The van der Waals surface area contributed by atoms with E-state index in [1.54, 1.807) is 30.4 Å². The number of hydrogen-bond acceptors (Lipinski definition) is 5. The Bertz CT molecular complexity index is 740. The third-order valence-corrected chi connectivity index (χ3v) is 4.04. The average molecular weight is 309 g/mol. The van der Waals surface area contributed by atoms with Crippen molar-refractivity contribution in [2.75, 3.05) is 0 Å². The summed E-state index contributed by atoms with van der Waals surface area (Å²) in [5, 5.41) is 9.48. The average Bonchev–Trinajstić information content (AvgIpc) is 2.98. The van der Waals surface area contributed by atoms with Crippen molar-refractivity contribution in [3.63, 3.8) is 0 Å². The Morgan fingerprint density at radius 2 is 1.95 bits per heavy atom. The summed E-state index contributed by atoms with van der Waals surface area (Å²) < 4.78 is 2.05. The molecule has 0 bridgehead atoms. The van der Waals surface area contributed by atoms with Gasteiger partial charge in [0.1, 0.15) is 0 Å². The number of allylic oxidation sites excluding steroid dienone is 1. The second-order valence-corrected chi connectivity index (χ2v) is 5.49. The number of pyridine rings is 2. The van der Waals surface area contributed by atoms with Crippen LogP contribution >= 0.6 is 11.8 Å². The van der Waals surface area contributed by atoms with Crippen LogP contribution in [0.2, 0.25) is 0 Å². The molecule has 3 rings (SSSR count). The number of nitrogens with zero attached hydrogens (tertiary/aromatic N) is 5. The van der Waals surface area contributed by atoms with E-state index in [9.17, 15) is 0 Å². The molecule has 0 atom stereocenters. The summed E-state index contributed by atoms with van der Waals surface area (Å²) in [6.45, 7) is 4.48. The molecule has 0 saturated heterocycles. The maximum Gasteiger partial charge on any atom is 0.192 e. The molecule has 0 unspecified atom stereocenters. The first-order chi connectivity index (χ1) is 10.9. The van der Waals surface area contributed by atoms with Crippen molar-refractivity contribution in [3.8, 4) is 11.4 Å². The van der Waals surface area contributed by atoms with Gasteiger partial charge in [-0.2, -0.15) is 0 Å². The Morgan fingerprint density at radius 1 is 1.09 bits per heavy atom. The lowest BCUT2D eigenvalue weighted by Gasteiger charge is -2.07. The molecule has 0 fully saturated rings. The topological polar surface area (TPSA) is 56.5 Å². The van der Waals surface area contributed by atoms with Gasteiger partial charge in [0.25, 0.3) is 0 Å². The third-order valence-electron chi connectivity index (χ3n) is 3.04. The van der Waals surface area contributed by atoms with E-state index in [0.717, 1.165) is 28.0 Å². The van der Waals surface area contributed by atoms with Gasteiger partial charge < -0.3 is 0 Å². The maximum absolute atomic E-state index is 4.33. The molecule has 0 aliphatic carbocycles. The molecular formula is C16H15N5S. The van der Waals surface area contributed by atoms with Gasteiger partial charge in [-0.1, -0.05) is 23.9 Å². The molecule has 3 aromatic heterocycles. The van der Waals surface area contributed by atoms with E-state index in [1.807, 2.05) is 36.4 Å². The van der Waals surface area contributed by atoms with Crippen molar-refractivity contribution in [3.05, 3.63) is 67.3 Å². The van der Waals surface area contributed by atoms with Crippen LogP contribution in [0.4, 0.5) is 0 Å². The zero-order chi connectivity index (χ0) is 15.2. The molecule has 0 N–H and O–H groups in total. The highest BCUT2D eigenvalue weighted by molar-refractivity contribution is 7.98. The highest BCUT2D eigenvalue weighted by Gasteiger charge is 2.13. The van der Waals surface area contributed by atoms with Crippen molar-refractivity contribution < 1.29 is 0 Å². The fraction of sp³-hybridized carbons (Fsp3) is 0.125. The summed E-state index contributed by atoms with van der Waals surface area (Å²) in [4.78, 5) is 8.37. The van der Waals surface area contributed by atoms with Gasteiger partial charge in [-0.15, -0.1) is 16.8 Å². The van der Waals surface area contributed by atoms with Crippen LogP contribution in [-0.2, 0) is 12.3 Å². The summed E-state index contributed by atoms with van der Waals surface area (Å²) in [6.07, 6.45) is 7.15. The quantitative estimate of drug-likeness (QED) is 0.517. The van der Waals surface area contributed by atoms with Crippen LogP contribution < -0.4 is 0 Å². The van der Waals surface area contributed by atoms with Crippen molar-refractivity contribution in [2.45, 2.75) is 17.5 Å². The first-order valence-corrected chi connectivity index (χ1v) is 7.84. The van der Waals surface area contributed by atoms with Crippen LogP contribution in [0.15, 0.2) is 66.7 Å². The van der Waals surface area contributed by atoms with Crippen molar-refractivity contribution >= 4 is 11.8 Å². The predicted octanol–water partition coefficient (Wildman–Crippen LogP) is 3.21. The first-order valence-electron chi connectivity index (χ1n) is 6.85. The van der Waals surface area contributed by atoms with E-state index in [-0.39, 0.29) is 0 Å². The second-order valence-electron chi connectivity index (χ2n) is 4.55. The summed E-state index contributed by atoms with van der Waals surface area (Å²) in [6, 6.07) is 9.76. The Balaban J connectivity index is 1.85. The van der Waals surface area contributed by atoms with E-state index in [2.05, 4.69) is 31.3 Å². The third kappa shape index (κ3) is 3.23. The molecule has 3 aromatic rings. The molecule has 0 radical (unpaired) electrons. The smallest absolute Gasteiger partial charge is 0.192 e. The van der Waals surface area contributed by atoms with Gasteiger partial charge in [-0.05, 0) is 24.3 Å². The second kappa shape index (κ2) is 7.00. The van der Waals surface area contributed by atoms with Crippen LogP contribution in [0.5, 0.6) is 0 Å². The lowest BCUT2D eigenvalue weighted by atomic mass is 10.2. The molecule has 0 aliphatic rings. The fourth-order valence-electron chi connectivity index (χ4n) is 2.03. The molecule has 5 nitrogen and oxygen atoms in total. The molecular weight excluding hydrogens is 294 g/mol. The largest absolute Gasteiger partial charge is 0.298 e. The number of aromatic nitrogens is 5. The number of thioether (sulfide) groups is 1. The maximum atomic E-state index is 4.33. The SMILES string of the molecule is C=CCn1c(SCc2ccccn2)nnc1-c1ccncc1. The molecule has 0 amide bonds. The fourth-order valence-corrected chi connectivity index (χ4v) is 2.89. The van der Waals surface area contributed by atoms with Crippen LogP contribution in [0, 0.1) is 0 Å². The highest BCUT2D eigenvalue weighted by Crippen LogP contribution is 2.25. The molecule has 0 aromatic carbocycles. The van der Waals surface area contributed by atoms with Crippen molar-refractivity contribution in [1.82, 2.24) is 24.7 Å². The standard InChI is InChI=1S/C16H15N5S/c1-2-11-21-15(13-6-9-17-10-7-13)19-20-16(21)22-12-14-5-3-4-8-18-14/h2-10H,1,11-12H2. The molecule has 22 heavy (non-hydrogen) atoms. The predicted molar refractivity (Wildman–Crippen MR) is 87.2 cm³/mol. The van der Waals surface area contributed by atoms with E-state index in [0.29, 0.717) is 6.54 Å². The minimum atomic E-state index is 0.662. The van der Waals surface area contributed by atoms with E-state index in [4.69, 9.17) is 0 Å². The summed E-state index contributed by atoms with van der Waals surface area (Å²) in [5.74, 6) is 1.58. The van der Waals surface area contributed by atoms with Gasteiger partial charge in [0.15, 0.2) is 11.0 Å². The Morgan fingerprint density at radius 3 is 2.68 bits per heavy atom. The summed E-state index contributed by atoms with van der Waals surface area (Å²) in [7, 11) is 0. The molecule has 6 heteroatoms. The summed E-state index contributed by atoms with van der Waals surface area (Å²) in [5.41, 5.74) is 2.01. The van der Waals surface area contributed by atoms with Gasteiger partial charge in [0.2, 0.25) is 0 Å². The normalized spacial score (nSPS) is 10.5. The molecule has 110 valence electrons. The summed E-state index contributed by atoms with van der Waals surface area (Å²) >= 11 is 1.62. The highest BCUT2D eigenvalue weighted by atomic mass is 32.2. The van der Waals surface area contributed by atoms with Gasteiger partial charge in [0.05, 0.1) is 5.69 Å². The number of rotatable bonds is 6. The van der Waals surface area contributed by atoms with Crippen LogP contribution in [0.3, 0.4) is 0 Å². The van der Waals surface area contributed by atoms with Crippen LogP contribution in [0.1, 0.15) is 5.69 Å².